The van der Waals surface area contributed by atoms with Gasteiger partial charge in [-0.15, -0.1) is 0 Å². The first-order valence-electron chi connectivity index (χ1n) is 10.6. The molecule has 1 aliphatic carbocycles. The Morgan fingerprint density at radius 2 is 1.70 bits per heavy atom. The first-order valence-corrected chi connectivity index (χ1v) is 10.6. The van der Waals surface area contributed by atoms with Gasteiger partial charge in [0.2, 0.25) is 12.3 Å². The fourth-order valence-electron chi connectivity index (χ4n) is 4.05. The summed E-state index contributed by atoms with van der Waals surface area (Å²) in [5.41, 5.74) is 2.54. The van der Waals surface area contributed by atoms with Crippen molar-refractivity contribution in [3.8, 4) is 11.1 Å². The van der Waals surface area contributed by atoms with Gasteiger partial charge in [-0.3, -0.25) is 14.4 Å². The number of amides is 3. The Balaban J connectivity index is 1.52. The van der Waals surface area contributed by atoms with Crippen LogP contribution in [0.25, 0.3) is 11.1 Å². The molecule has 6 nitrogen and oxygen atoms in total. The number of hydrogen-bond acceptors (Lipinski definition) is 3. The van der Waals surface area contributed by atoms with Gasteiger partial charge in [0.1, 0.15) is 0 Å². The van der Waals surface area contributed by atoms with Crippen molar-refractivity contribution < 1.29 is 14.4 Å². The zero-order chi connectivity index (χ0) is 21.2. The van der Waals surface area contributed by atoms with Crippen LogP contribution in [0.2, 0.25) is 0 Å². The van der Waals surface area contributed by atoms with Crippen molar-refractivity contribution in [1.82, 2.24) is 16.0 Å². The van der Waals surface area contributed by atoms with E-state index in [1.54, 1.807) is 6.07 Å². The fraction of sp³-hybridized carbons (Fsp3) is 0.375. The smallest absolute Gasteiger partial charge is 0.252 e. The number of carbonyl (C=O) groups is 3. The first kappa shape index (κ1) is 21.6. The molecule has 1 saturated carbocycles. The fourth-order valence-corrected chi connectivity index (χ4v) is 4.05. The van der Waals surface area contributed by atoms with Crippen molar-refractivity contribution in [2.24, 2.45) is 11.8 Å². The Labute approximate surface area is 177 Å². The molecule has 0 spiro atoms. The average Bonchev–Trinajstić information content (AvgIpc) is 3.30. The molecule has 158 valence electrons. The quantitative estimate of drug-likeness (QED) is 0.418. The van der Waals surface area contributed by atoms with Crippen LogP contribution in [0.15, 0.2) is 54.6 Å². The van der Waals surface area contributed by atoms with E-state index in [0.717, 1.165) is 30.4 Å². The van der Waals surface area contributed by atoms with Crippen LogP contribution < -0.4 is 16.0 Å². The van der Waals surface area contributed by atoms with E-state index in [4.69, 9.17) is 0 Å². The van der Waals surface area contributed by atoms with Crippen LogP contribution in [-0.4, -0.2) is 31.4 Å². The zero-order valence-corrected chi connectivity index (χ0v) is 17.1. The molecule has 3 N–H and O–H groups in total. The Morgan fingerprint density at radius 3 is 2.43 bits per heavy atom. The van der Waals surface area contributed by atoms with Crippen LogP contribution >= 0.6 is 0 Å². The summed E-state index contributed by atoms with van der Waals surface area (Å²) in [6, 6.07) is 17.2. The van der Waals surface area contributed by atoms with E-state index in [0.29, 0.717) is 24.4 Å². The first-order chi connectivity index (χ1) is 14.7. The zero-order valence-electron chi connectivity index (χ0n) is 17.1. The molecular weight excluding hydrogens is 378 g/mol. The maximum atomic E-state index is 12.6. The standard InChI is InChI=1S/C24H29N3O3/c28-17-25-15-22(13-18-7-4-5-8-18)24(30)27-16-26-23(29)21-12-6-11-20(14-21)19-9-2-1-3-10-19/h1-3,6,9-12,14,17-18,22H,4-5,7-8,13,15-16H2,(H,25,28)(H,26,29)(H,27,30)/t22-/m1/s1. The normalized spacial score (nSPS) is 14.7. The lowest BCUT2D eigenvalue weighted by Crippen LogP contribution is -2.43. The van der Waals surface area contributed by atoms with Gasteiger partial charge in [0, 0.05) is 12.1 Å². The van der Waals surface area contributed by atoms with E-state index in [-0.39, 0.29) is 24.4 Å². The highest BCUT2D eigenvalue weighted by Gasteiger charge is 2.25. The summed E-state index contributed by atoms with van der Waals surface area (Å²) in [4.78, 5) is 35.7. The minimum absolute atomic E-state index is 0.0511. The largest absolute Gasteiger partial charge is 0.358 e. The van der Waals surface area contributed by atoms with E-state index < -0.39 is 0 Å². The summed E-state index contributed by atoms with van der Waals surface area (Å²) in [6.45, 7) is 0.369. The lowest BCUT2D eigenvalue weighted by molar-refractivity contribution is -0.125. The predicted molar refractivity (Wildman–Crippen MR) is 116 cm³/mol. The van der Waals surface area contributed by atoms with E-state index >= 15 is 0 Å². The second kappa shape index (κ2) is 11.1. The van der Waals surface area contributed by atoms with E-state index in [2.05, 4.69) is 16.0 Å². The lowest BCUT2D eigenvalue weighted by atomic mass is 9.92. The van der Waals surface area contributed by atoms with Gasteiger partial charge in [-0.05, 0) is 35.6 Å². The second-order valence-electron chi connectivity index (χ2n) is 7.78. The highest BCUT2D eigenvalue weighted by atomic mass is 16.2. The highest BCUT2D eigenvalue weighted by Crippen LogP contribution is 2.30. The Bertz CT molecular complexity index is 848. The van der Waals surface area contributed by atoms with Gasteiger partial charge in [-0.2, -0.15) is 0 Å². The molecule has 1 atom stereocenters. The molecule has 0 saturated heterocycles. The Morgan fingerprint density at radius 1 is 0.967 bits per heavy atom. The molecule has 0 radical (unpaired) electrons. The molecule has 0 unspecified atom stereocenters. The lowest BCUT2D eigenvalue weighted by Gasteiger charge is -2.20. The molecule has 2 aromatic carbocycles. The van der Waals surface area contributed by atoms with E-state index in [1.807, 2.05) is 48.5 Å². The van der Waals surface area contributed by atoms with Crippen LogP contribution in [0.3, 0.4) is 0 Å². The number of nitrogens with one attached hydrogen (secondary N) is 3. The van der Waals surface area contributed by atoms with Gasteiger partial charge in [-0.1, -0.05) is 68.1 Å². The SMILES string of the molecule is O=CNC[C@@H](CC1CCCC1)C(=O)NCNC(=O)c1cccc(-c2ccccc2)c1. The van der Waals surface area contributed by atoms with Crippen molar-refractivity contribution in [3.05, 3.63) is 60.2 Å². The maximum Gasteiger partial charge on any atom is 0.252 e. The third-order valence-electron chi connectivity index (χ3n) is 5.65. The van der Waals surface area contributed by atoms with Gasteiger partial charge in [0.15, 0.2) is 0 Å². The molecule has 0 aliphatic heterocycles. The van der Waals surface area contributed by atoms with Crippen molar-refractivity contribution >= 4 is 18.2 Å². The predicted octanol–water partition coefficient (Wildman–Crippen LogP) is 3.10. The van der Waals surface area contributed by atoms with Crippen molar-refractivity contribution in [3.63, 3.8) is 0 Å². The summed E-state index contributed by atoms with van der Waals surface area (Å²) < 4.78 is 0. The number of carbonyl (C=O) groups excluding carboxylic acids is 3. The van der Waals surface area contributed by atoms with Gasteiger partial charge in [0.25, 0.3) is 5.91 Å². The summed E-state index contributed by atoms with van der Waals surface area (Å²) in [5.74, 6) is -0.137. The second-order valence-corrected chi connectivity index (χ2v) is 7.78. The number of rotatable bonds is 10. The van der Waals surface area contributed by atoms with Gasteiger partial charge < -0.3 is 16.0 Å². The maximum absolute atomic E-state index is 12.6. The molecule has 1 aliphatic rings. The minimum atomic E-state index is -0.281. The minimum Gasteiger partial charge on any atom is -0.358 e. The third-order valence-corrected chi connectivity index (χ3v) is 5.65. The molecule has 30 heavy (non-hydrogen) atoms. The van der Waals surface area contributed by atoms with Crippen LogP contribution in [0.1, 0.15) is 42.5 Å². The number of benzene rings is 2. The molecule has 2 aromatic rings. The summed E-state index contributed by atoms with van der Waals surface area (Å²) in [7, 11) is 0. The Hall–Kier alpha value is -3.15. The van der Waals surface area contributed by atoms with Gasteiger partial charge in [-0.25, -0.2) is 0 Å². The van der Waals surface area contributed by atoms with E-state index in [9.17, 15) is 14.4 Å². The van der Waals surface area contributed by atoms with Crippen LogP contribution in [0.5, 0.6) is 0 Å². The van der Waals surface area contributed by atoms with Gasteiger partial charge in [0.05, 0.1) is 12.6 Å². The van der Waals surface area contributed by atoms with Crippen molar-refractivity contribution in [2.75, 3.05) is 13.2 Å². The molecule has 3 rings (SSSR count). The van der Waals surface area contributed by atoms with Crippen LogP contribution in [0, 0.1) is 11.8 Å². The monoisotopic (exact) mass is 407 g/mol. The molecule has 0 aromatic heterocycles. The van der Waals surface area contributed by atoms with Crippen LogP contribution in [0.4, 0.5) is 0 Å². The van der Waals surface area contributed by atoms with Crippen molar-refractivity contribution in [1.29, 1.82) is 0 Å². The van der Waals surface area contributed by atoms with E-state index in [1.165, 1.54) is 12.8 Å². The highest BCUT2D eigenvalue weighted by molar-refractivity contribution is 5.95. The van der Waals surface area contributed by atoms with Crippen LogP contribution in [-0.2, 0) is 9.59 Å². The van der Waals surface area contributed by atoms with Gasteiger partial charge >= 0.3 is 0 Å². The Kier molecular flexibility index (Phi) is 8.01. The summed E-state index contributed by atoms with van der Waals surface area (Å²) >= 11 is 0. The summed E-state index contributed by atoms with van der Waals surface area (Å²) in [5, 5.41) is 8.16. The molecule has 1 fully saturated rings. The topological polar surface area (TPSA) is 87.3 Å². The summed E-state index contributed by atoms with van der Waals surface area (Å²) in [6.07, 6.45) is 6.07. The molecule has 0 bridgehead atoms. The number of hydrogen-bond donors (Lipinski definition) is 3. The molecular formula is C24H29N3O3. The molecule has 3 amide bonds. The molecule has 6 heteroatoms. The molecule has 0 heterocycles. The van der Waals surface area contributed by atoms with Crippen molar-refractivity contribution in [2.45, 2.75) is 32.1 Å². The third kappa shape index (κ3) is 6.17. The average molecular weight is 408 g/mol.